The standard InChI is InChI=1S/C29H34N4O2/c1-3-18-32(23-16-19-31(20-17-23)28(34)22-11-5-4-6-12-22)29(35)27-24-13-9-15-26(24)33(30-27)25-14-8-7-10-21(25)2/h4-8,10-12,14,23H,3,9,13,15-20H2,1-2H3. The van der Waals surface area contributed by atoms with Gasteiger partial charge in [0, 0.05) is 42.5 Å². The van der Waals surface area contributed by atoms with Crippen molar-refractivity contribution < 1.29 is 9.59 Å². The second kappa shape index (κ2) is 10.1. The molecule has 2 aromatic carbocycles. The topological polar surface area (TPSA) is 58.4 Å². The molecule has 2 amide bonds. The molecule has 5 rings (SSSR count). The Morgan fingerprint density at radius 1 is 1.00 bits per heavy atom. The van der Waals surface area contributed by atoms with E-state index in [-0.39, 0.29) is 17.9 Å². The van der Waals surface area contributed by atoms with Gasteiger partial charge >= 0.3 is 0 Å². The molecule has 2 aliphatic rings. The van der Waals surface area contributed by atoms with Crippen LogP contribution in [0.1, 0.15) is 70.3 Å². The predicted molar refractivity (Wildman–Crippen MR) is 137 cm³/mol. The number of aryl methyl sites for hydroxylation is 1. The molecule has 0 spiro atoms. The number of carbonyl (C=O) groups is 2. The highest BCUT2D eigenvalue weighted by molar-refractivity contribution is 5.95. The van der Waals surface area contributed by atoms with Gasteiger partial charge in [0.25, 0.3) is 11.8 Å². The molecule has 2 heterocycles. The van der Waals surface area contributed by atoms with Crippen molar-refractivity contribution >= 4 is 11.8 Å². The van der Waals surface area contributed by atoms with Gasteiger partial charge in [0.1, 0.15) is 0 Å². The first-order valence-electron chi connectivity index (χ1n) is 12.9. The van der Waals surface area contributed by atoms with Crippen LogP contribution in [-0.2, 0) is 12.8 Å². The number of hydrogen-bond acceptors (Lipinski definition) is 3. The van der Waals surface area contributed by atoms with Crippen LogP contribution in [0.25, 0.3) is 5.69 Å². The van der Waals surface area contributed by atoms with Gasteiger partial charge in [-0.2, -0.15) is 5.10 Å². The van der Waals surface area contributed by atoms with Gasteiger partial charge in [-0.1, -0.05) is 43.3 Å². The molecule has 6 nitrogen and oxygen atoms in total. The Hall–Kier alpha value is -3.41. The Labute approximate surface area is 207 Å². The highest BCUT2D eigenvalue weighted by atomic mass is 16.2. The lowest BCUT2D eigenvalue weighted by atomic mass is 10.0. The summed E-state index contributed by atoms with van der Waals surface area (Å²) in [5.74, 6) is 0.123. The van der Waals surface area contributed by atoms with Crippen molar-refractivity contribution in [1.29, 1.82) is 0 Å². The number of rotatable bonds is 6. The number of benzene rings is 2. The van der Waals surface area contributed by atoms with E-state index >= 15 is 0 Å². The van der Waals surface area contributed by atoms with E-state index in [4.69, 9.17) is 5.10 Å². The summed E-state index contributed by atoms with van der Waals surface area (Å²) >= 11 is 0. The van der Waals surface area contributed by atoms with Gasteiger partial charge in [-0.25, -0.2) is 4.68 Å². The SMILES string of the molecule is CCCN(C(=O)c1nn(-c2ccccc2C)c2c1CCC2)C1CCN(C(=O)c2ccccc2)CC1. The number of nitrogens with zero attached hydrogens (tertiary/aromatic N) is 4. The average Bonchev–Trinajstić information content (AvgIpc) is 3.51. The molecule has 0 N–H and O–H groups in total. The first kappa shape index (κ1) is 23.3. The minimum absolute atomic E-state index is 0.0465. The third kappa shape index (κ3) is 4.49. The number of likely N-dealkylation sites (tertiary alicyclic amines) is 1. The second-order valence-corrected chi connectivity index (χ2v) is 9.71. The smallest absolute Gasteiger partial charge is 0.274 e. The minimum Gasteiger partial charge on any atom is -0.338 e. The van der Waals surface area contributed by atoms with Gasteiger partial charge in [-0.3, -0.25) is 9.59 Å². The van der Waals surface area contributed by atoms with Crippen molar-refractivity contribution in [3.8, 4) is 5.69 Å². The van der Waals surface area contributed by atoms with Gasteiger partial charge in [0.05, 0.1) is 5.69 Å². The summed E-state index contributed by atoms with van der Waals surface area (Å²) in [4.78, 5) is 30.8. The van der Waals surface area contributed by atoms with Crippen molar-refractivity contribution in [3.05, 3.63) is 82.7 Å². The number of amides is 2. The summed E-state index contributed by atoms with van der Waals surface area (Å²) in [6.45, 7) is 6.25. The molecule has 35 heavy (non-hydrogen) atoms. The largest absolute Gasteiger partial charge is 0.338 e. The fraction of sp³-hybridized carbons (Fsp3) is 0.414. The number of carbonyl (C=O) groups excluding carboxylic acids is 2. The molecule has 0 unspecified atom stereocenters. The number of para-hydroxylation sites is 1. The fourth-order valence-corrected chi connectivity index (χ4v) is 5.58. The van der Waals surface area contributed by atoms with Crippen LogP contribution < -0.4 is 0 Å². The van der Waals surface area contributed by atoms with Crippen LogP contribution in [0.3, 0.4) is 0 Å². The van der Waals surface area contributed by atoms with E-state index in [1.54, 1.807) is 0 Å². The number of hydrogen-bond donors (Lipinski definition) is 0. The average molecular weight is 471 g/mol. The minimum atomic E-state index is 0.0465. The number of fused-ring (bicyclic) bond motifs is 1. The van der Waals surface area contributed by atoms with E-state index in [2.05, 4.69) is 26.0 Å². The van der Waals surface area contributed by atoms with Gasteiger partial charge in [0.15, 0.2) is 5.69 Å². The highest BCUT2D eigenvalue weighted by Crippen LogP contribution is 2.31. The summed E-state index contributed by atoms with van der Waals surface area (Å²) in [5.41, 5.74) is 5.87. The van der Waals surface area contributed by atoms with Crippen LogP contribution in [0.5, 0.6) is 0 Å². The van der Waals surface area contributed by atoms with Gasteiger partial charge in [-0.05, 0) is 69.2 Å². The van der Waals surface area contributed by atoms with E-state index in [0.29, 0.717) is 25.3 Å². The molecule has 0 saturated carbocycles. The molecular formula is C29H34N4O2. The molecule has 0 bridgehead atoms. The molecule has 1 aliphatic carbocycles. The van der Waals surface area contributed by atoms with Crippen molar-refractivity contribution in [1.82, 2.24) is 19.6 Å². The lowest BCUT2D eigenvalue weighted by molar-refractivity contribution is 0.0514. The Morgan fingerprint density at radius 2 is 1.71 bits per heavy atom. The first-order chi connectivity index (χ1) is 17.1. The van der Waals surface area contributed by atoms with Crippen molar-refractivity contribution in [2.45, 2.75) is 58.4 Å². The summed E-state index contributed by atoms with van der Waals surface area (Å²) in [6, 6.07) is 17.8. The summed E-state index contributed by atoms with van der Waals surface area (Å²) in [6.07, 6.45) is 5.42. The lowest BCUT2D eigenvalue weighted by Gasteiger charge is -2.38. The molecule has 6 heteroatoms. The Bertz CT molecular complexity index is 1210. The maximum atomic E-state index is 13.9. The zero-order chi connectivity index (χ0) is 24.4. The Kier molecular flexibility index (Phi) is 6.71. The summed E-state index contributed by atoms with van der Waals surface area (Å²) in [7, 11) is 0. The molecule has 1 aliphatic heterocycles. The fourth-order valence-electron chi connectivity index (χ4n) is 5.58. The van der Waals surface area contributed by atoms with E-state index in [9.17, 15) is 9.59 Å². The van der Waals surface area contributed by atoms with Crippen LogP contribution in [0.4, 0.5) is 0 Å². The zero-order valence-electron chi connectivity index (χ0n) is 20.7. The van der Waals surface area contributed by atoms with E-state index in [1.807, 2.05) is 56.9 Å². The first-order valence-corrected chi connectivity index (χ1v) is 12.9. The highest BCUT2D eigenvalue weighted by Gasteiger charge is 2.34. The third-order valence-electron chi connectivity index (χ3n) is 7.42. The van der Waals surface area contributed by atoms with Crippen LogP contribution in [0.15, 0.2) is 54.6 Å². The second-order valence-electron chi connectivity index (χ2n) is 9.71. The normalized spacial score (nSPS) is 15.8. The van der Waals surface area contributed by atoms with Crippen LogP contribution in [-0.4, -0.2) is 57.1 Å². The number of aromatic nitrogens is 2. The van der Waals surface area contributed by atoms with Crippen LogP contribution in [0.2, 0.25) is 0 Å². The lowest BCUT2D eigenvalue weighted by Crippen LogP contribution is -2.49. The van der Waals surface area contributed by atoms with E-state index in [0.717, 1.165) is 60.9 Å². The maximum absolute atomic E-state index is 13.9. The van der Waals surface area contributed by atoms with Crippen LogP contribution >= 0.6 is 0 Å². The van der Waals surface area contributed by atoms with Crippen LogP contribution in [0, 0.1) is 6.92 Å². The Morgan fingerprint density at radius 3 is 2.43 bits per heavy atom. The van der Waals surface area contributed by atoms with Crippen molar-refractivity contribution in [2.24, 2.45) is 0 Å². The molecule has 1 aromatic heterocycles. The molecular weight excluding hydrogens is 436 g/mol. The third-order valence-corrected chi connectivity index (χ3v) is 7.42. The zero-order valence-corrected chi connectivity index (χ0v) is 20.7. The van der Waals surface area contributed by atoms with Gasteiger partial charge in [-0.15, -0.1) is 0 Å². The van der Waals surface area contributed by atoms with Crippen molar-refractivity contribution in [2.75, 3.05) is 19.6 Å². The van der Waals surface area contributed by atoms with E-state index < -0.39 is 0 Å². The molecule has 3 aromatic rings. The molecule has 0 atom stereocenters. The summed E-state index contributed by atoms with van der Waals surface area (Å²) in [5, 5.41) is 4.90. The van der Waals surface area contributed by atoms with Gasteiger partial charge in [0.2, 0.25) is 0 Å². The van der Waals surface area contributed by atoms with Crippen molar-refractivity contribution in [3.63, 3.8) is 0 Å². The number of piperidine rings is 1. The molecule has 1 fully saturated rings. The molecule has 182 valence electrons. The quantitative estimate of drug-likeness (QED) is 0.519. The monoisotopic (exact) mass is 470 g/mol. The summed E-state index contributed by atoms with van der Waals surface area (Å²) < 4.78 is 2.01. The predicted octanol–water partition coefficient (Wildman–Crippen LogP) is 4.83. The maximum Gasteiger partial charge on any atom is 0.274 e. The Balaban J connectivity index is 1.36. The van der Waals surface area contributed by atoms with Gasteiger partial charge < -0.3 is 9.80 Å². The molecule has 0 radical (unpaired) electrons. The van der Waals surface area contributed by atoms with E-state index in [1.165, 1.54) is 5.69 Å². The molecule has 1 saturated heterocycles.